The lowest BCUT2D eigenvalue weighted by molar-refractivity contribution is 0.187. The number of rotatable bonds is 2. The fourth-order valence-corrected chi connectivity index (χ4v) is 5.76. The second kappa shape index (κ2) is 8.15. The van der Waals surface area contributed by atoms with Crippen molar-refractivity contribution in [1.29, 1.82) is 0 Å². The topological polar surface area (TPSA) is 123 Å². The monoisotopic (exact) mass is 509 g/mol. The van der Waals surface area contributed by atoms with Crippen molar-refractivity contribution in [1.82, 2.24) is 24.5 Å². The van der Waals surface area contributed by atoms with Gasteiger partial charge < -0.3 is 10.6 Å². The molecule has 4 heterocycles. The molecule has 1 aliphatic heterocycles. The summed E-state index contributed by atoms with van der Waals surface area (Å²) >= 11 is 12.3. The molecule has 0 saturated carbocycles. The molecule has 9 nitrogen and oxygen atoms in total. The van der Waals surface area contributed by atoms with Crippen molar-refractivity contribution in [3.05, 3.63) is 84.9 Å². The zero-order valence-electron chi connectivity index (χ0n) is 18.5. The van der Waals surface area contributed by atoms with E-state index in [4.69, 9.17) is 28.9 Å². The van der Waals surface area contributed by atoms with Crippen LogP contribution in [-0.2, 0) is 6.42 Å². The first-order valence-electron chi connectivity index (χ1n) is 11.3. The predicted molar refractivity (Wildman–Crippen MR) is 135 cm³/mol. The first kappa shape index (κ1) is 22.2. The van der Waals surface area contributed by atoms with Crippen LogP contribution in [0.5, 0.6) is 0 Å². The maximum Gasteiger partial charge on any atom is 0.334 e. The lowest BCUT2D eigenvalue weighted by Crippen LogP contribution is -2.44. The minimum atomic E-state index is -0.668. The number of nitrogens with one attached hydrogen (secondary N) is 1. The quantitative estimate of drug-likeness (QED) is 0.425. The lowest BCUT2D eigenvalue weighted by atomic mass is 9.73. The summed E-state index contributed by atoms with van der Waals surface area (Å²) in [6.07, 6.45) is 8.01. The fourth-order valence-electron chi connectivity index (χ4n) is 5.38. The lowest BCUT2D eigenvalue weighted by Gasteiger charge is -2.42. The molecule has 1 spiro atoms. The minimum absolute atomic E-state index is 0.00438. The van der Waals surface area contributed by atoms with Gasteiger partial charge in [-0.05, 0) is 54.0 Å². The van der Waals surface area contributed by atoms with Gasteiger partial charge in [-0.2, -0.15) is 0 Å². The van der Waals surface area contributed by atoms with E-state index < -0.39 is 11.2 Å². The number of H-pyrrole nitrogens is 1. The van der Waals surface area contributed by atoms with Crippen LogP contribution in [0.15, 0.2) is 52.4 Å². The number of benzene rings is 1. The predicted octanol–water partition coefficient (Wildman–Crippen LogP) is 3.01. The molecule has 3 aromatic heterocycles. The number of halogens is 2. The molecule has 3 N–H and O–H groups in total. The SMILES string of the molecule is N[C@@H]1c2cnccc2CC12CCN(c1cnc3c(=O)n(-c4cccc(Cl)c4Cl)c(=O)[nH]c3n1)CC2. The van der Waals surface area contributed by atoms with Gasteiger partial charge in [0.05, 0.1) is 21.9 Å². The van der Waals surface area contributed by atoms with Gasteiger partial charge in [0.15, 0.2) is 11.2 Å². The first-order chi connectivity index (χ1) is 16.9. The molecule has 1 saturated heterocycles. The number of hydrogen-bond acceptors (Lipinski definition) is 7. The van der Waals surface area contributed by atoms with Gasteiger partial charge in [-0.3, -0.25) is 14.8 Å². The Hall–Kier alpha value is -3.27. The van der Waals surface area contributed by atoms with Gasteiger partial charge in [0.1, 0.15) is 5.82 Å². The highest BCUT2D eigenvalue weighted by molar-refractivity contribution is 6.43. The summed E-state index contributed by atoms with van der Waals surface area (Å²) in [6.45, 7) is 1.49. The van der Waals surface area contributed by atoms with E-state index in [-0.39, 0.29) is 38.4 Å². The Balaban J connectivity index is 1.30. The van der Waals surface area contributed by atoms with E-state index in [2.05, 4.69) is 30.9 Å². The summed E-state index contributed by atoms with van der Waals surface area (Å²) in [5.41, 5.74) is 8.14. The Morgan fingerprint density at radius 2 is 1.91 bits per heavy atom. The summed E-state index contributed by atoms with van der Waals surface area (Å²) in [7, 11) is 0. The molecule has 4 aromatic rings. The third-order valence-electron chi connectivity index (χ3n) is 7.33. The van der Waals surface area contributed by atoms with Crippen LogP contribution < -0.4 is 21.9 Å². The van der Waals surface area contributed by atoms with E-state index in [1.807, 2.05) is 12.4 Å². The molecule has 0 bridgehead atoms. The summed E-state index contributed by atoms with van der Waals surface area (Å²) in [6, 6.07) is 6.76. The summed E-state index contributed by atoms with van der Waals surface area (Å²) in [5, 5.41) is 0.345. The highest BCUT2D eigenvalue weighted by Gasteiger charge is 2.46. The number of anilines is 1. The second-order valence-electron chi connectivity index (χ2n) is 9.15. The van der Waals surface area contributed by atoms with Gasteiger partial charge in [-0.15, -0.1) is 0 Å². The molecule has 0 radical (unpaired) electrons. The minimum Gasteiger partial charge on any atom is -0.355 e. The molecule has 6 rings (SSSR count). The fraction of sp³-hybridized carbons (Fsp3) is 0.292. The molecule has 11 heteroatoms. The highest BCUT2D eigenvalue weighted by atomic mass is 35.5. The number of aromatic nitrogens is 5. The largest absolute Gasteiger partial charge is 0.355 e. The first-order valence-corrected chi connectivity index (χ1v) is 12.0. The molecular formula is C24H21Cl2N7O2. The van der Waals surface area contributed by atoms with E-state index in [1.165, 1.54) is 5.56 Å². The molecule has 0 amide bonds. The van der Waals surface area contributed by atoms with Crippen LogP contribution in [0.1, 0.15) is 30.0 Å². The average Bonchev–Trinajstić information content (AvgIpc) is 3.13. The molecule has 1 fully saturated rings. The van der Waals surface area contributed by atoms with Gasteiger partial charge >= 0.3 is 5.69 Å². The van der Waals surface area contributed by atoms with Crippen molar-refractivity contribution < 1.29 is 0 Å². The maximum absolute atomic E-state index is 13.1. The number of hydrogen-bond donors (Lipinski definition) is 2. The Morgan fingerprint density at radius 1 is 1.11 bits per heavy atom. The number of aromatic amines is 1. The smallest absolute Gasteiger partial charge is 0.334 e. The van der Waals surface area contributed by atoms with Crippen molar-refractivity contribution in [2.24, 2.45) is 11.1 Å². The molecule has 35 heavy (non-hydrogen) atoms. The van der Waals surface area contributed by atoms with Crippen LogP contribution in [0.25, 0.3) is 16.9 Å². The van der Waals surface area contributed by atoms with Crippen LogP contribution in [0.4, 0.5) is 5.82 Å². The molecular weight excluding hydrogens is 489 g/mol. The average molecular weight is 510 g/mol. The number of piperidine rings is 1. The van der Waals surface area contributed by atoms with E-state index in [0.29, 0.717) is 5.82 Å². The Bertz CT molecular complexity index is 1590. The third kappa shape index (κ3) is 3.45. The Labute approximate surface area is 209 Å². The van der Waals surface area contributed by atoms with Crippen LogP contribution in [0, 0.1) is 5.41 Å². The number of nitrogens with zero attached hydrogens (tertiary/aromatic N) is 5. The standard InChI is InChI=1S/C24H21Cl2N7O2/c25-15-2-1-3-16(18(15)26)33-22(34)19-21(31-23(33)35)30-17(12-29-19)32-8-5-24(6-9-32)10-13-4-7-28-11-14(13)20(24)27/h1-4,7,11-12,20H,5-6,8-10,27H2,(H,30,31,35)/t20-/m1/s1. The number of pyridine rings is 1. The normalized spacial score (nSPS) is 18.8. The third-order valence-corrected chi connectivity index (χ3v) is 8.14. The van der Waals surface area contributed by atoms with E-state index in [0.717, 1.165) is 42.5 Å². The number of nitrogens with two attached hydrogens (primary N) is 1. The van der Waals surface area contributed by atoms with Gasteiger partial charge in [-0.25, -0.2) is 19.3 Å². The molecule has 178 valence electrons. The molecule has 1 atom stereocenters. The molecule has 2 aliphatic rings. The molecule has 0 unspecified atom stereocenters. The van der Waals surface area contributed by atoms with Crippen LogP contribution in [0.3, 0.4) is 0 Å². The Morgan fingerprint density at radius 3 is 2.69 bits per heavy atom. The summed E-state index contributed by atoms with van der Waals surface area (Å²) in [5.74, 6) is 0.603. The van der Waals surface area contributed by atoms with Crippen molar-refractivity contribution in [3.8, 4) is 5.69 Å². The molecule has 1 aliphatic carbocycles. The zero-order chi connectivity index (χ0) is 24.3. The van der Waals surface area contributed by atoms with Gasteiger partial charge in [0.25, 0.3) is 5.56 Å². The van der Waals surface area contributed by atoms with Crippen LogP contribution in [-0.4, -0.2) is 37.6 Å². The van der Waals surface area contributed by atoms with Gasteiger partial charge in [0.2, 0.25) is 0 Å². The van der Waals surface area contributed by atoms with Crippen molar-refractivity contribution in [3.63, 3.8) is 0 Å². The van der Waals surface area contributed by atoms with E-state index in [9.17, 15) is 9.59 Å². The Kier molecular flexibility index (Phi) is 5.17. The van der Waals surface area contributed by atoms with Crippen LogP contribution >= 0.6 is 23.2 Å². The van der Waals surface area contributed by atoms with Crippen LogP contribution in [0.2, 0.25) is 10.0 Å². The maximum atomic E-state index is 13.1. The van der Waals surface area contributed by atoms with Gasteiger partial charge in [-0.1, -0.05) is 29.3 Å². The summed E-state index contributed by atoms with van der Waals surface area (Å²) < 4.78 is 0.920. The number of fused-ring (bicyclic) bond motifs is 2. The van der Waals surface area contributed by atoms with E-state index >= 15 is 0 Å². The summed E-state index contributed by atoms with van der Waals surface area (Å²) in [4.78, 5) is 43.9. The van der Waals surface area contributed by atoms with Gasteiger partial charge in [0, 0.05) is 31.5 Å². The van der Waals surface area contributed by atoms with Crippen molar-refractivity contribution in [2.75, 3.05) is 18.0 Å². The highest BCUT2D eigenvalue weighted by Crippen LogP contribution is 2.50. The van der Waals surface area contributed by atoms with Crippen molar-refractivity contribution in [2.45, 2.75) is 25.3 Å². The second-order valence-corrected chi connectivity index (χ2v) is 9.93. The molecule has 1 aromatic carbocycles. The zero-order valence-corrected chi connectivity index (χ0v) is 20.1. The van der Waals surface area contributed by atoms with E-state index in [1.54, 1.807) is 24.4 Å². The van der Waals surface area contributed by atoms with Crippen molar-refractivity contribution >= 4 is 40.2 Å².